The number of hydrogen-bond acceptors (Lipinski definition) is 4. The Labute approximate surface area is 119 Å². The van der Waals surface area contributed by atoms with Crippen molar-refractivity contribution in [1.82, 2.24) is 4.98 Å². The minimum atomic E-state index is -0.966. The van der Waals surface area contributed by atoms with Crippen molar-refractivity contribution < 1.29 is 14.6 Å². The molecule has 1 N–H and O–H groups in total. The maximum Gasteiger partial charge on any atom is 0.328 e. The highest BCUT2D eigenvalue weighted by atomic mass is 16.5. The van der Waals surface area contributed by atoms with Crippen LogP contribution < -0.4 is 4.90 Å². The van der Waals surface area contributed by atoms with Gasteiger partial charge in [0.25, 0.3) is 0 Å². The van der Waals surface area contributed by atoms with Crippen molar-refractivity contribution in [1.29, 1.82) is 0 Å². The first kappa shape index (κ1) is 16.2. The second kappa shape index (κ2) is 8.32. The van der Waals surface area contributed by atoms with Gasteiger partial charge in [0.1, 0.15) is 5.82 Å². The molecule has 0 aliphatic rings. The average molecular weight is 278 g/mol. The zero-order valence-electron chi connectivity index (χ0n) is 12.2. The van der Waals surface area contributed by atoms with Crippen LogP contribution in [0.25, 0.3) is 6.08 Å². The summed E-state index contributed by atoms with van der Waals surface area (Å²) in [6, 6.07) is 3.97. The van der Waals surface area contributed by atoms with E-state index in [-0.39, 0.29) is 0 Å². The topological polar surface area (TPSA) is 62.7 Å². The van der Waals surface area contributed by atoms with Gasteiger partial charge in [0.2, 0.25) is 0 Å². The molecule has 0 amide bonds. The van der Waals surface area contributed by atoms with Crippen molar-refractivity contribution in [3.8, 4) is 0 Å². The third-order valence-electron chi connectivity index (χ3n) is 3.15. The van der Waals surface area contributed by atoms with E-state index in [9.17, 15) is 4.79 Å². The number of aromatic nitrogens is 1. The Morgan fingerprint density at radius 1 is 1.60 bits per heavy atom. The fourth-order valence-electron chi connectivity index (χ4n) is 1.89. The number of carboxylic acids is 1. The minimum Gasteiger partial charge on any atom is -0.478 e. The maximum absolute atomic E-state index is 10.7. The van der Waals surface area contributed by atoms with Gasteiger partial charge in [-0.05, 0) is 31.6 Å². The summed E-state index contributed by atoms with van der Waals surface area (Å²) in [4.78, 5) is 17.2. The number of anilines is 1. The molecule has 0 radical (unpaired) electrons. The Balaban J connectivity index is 3.08. The summed E-state index contributed by atoms with van der Waals surface area (Å²) in [5.41, 5.74) is 0.798. The van der Waals surface area contributed by atoms with Crippen LogP contribution in [0.5, 0.6) is 0 Å². The standard InChI is InChI=1S/C15H22N2O3/c1-4-12(2)17(10-11-20-3)15-13(6-5-9-16-15)7-8-14(18)19/h5-9,12H,4,10-11H2,1-3H3,(H,18,19)/b8-7+. The third kappa shape index (κ3) is 4.66. The summed E-state index contributed by atoms with van der Waals surface area (Å²) >= 11 is 0. The van der Waals surface area contributed by atoms with E-state index >= 15 is 0 Å². The number of rotatable bonds is 8. The summed E-state index contributed by atoms with van der Waals surface area (Å²) < 4.78 is 5.14. The number of carbonyl (C=O) groups is 1. The first-order valence-corrected chi connectivity index (χ1v) is 6.71. The van der Waals surface area contributed by atoms with Crippen LogP contribution in [0, 0.1) is 0 Å². The van der Waals surface area contributed by atoms with E-state index in [2.05, 4.69) is 23.7 Å². The van der Waals surface area contributed by atoms with Gasteiger partial charge in [-0.3, -0.25) is 0 Å². The van der Waals surface area contributed by atoms with Crippen molar-refractivity contribution in [2.75, 3.05) is 25.2 Å². The third-order valence-corrected chi connectivity index (χ3v) is 3.15. The molecular weight excluding hydrogens is 256 g/mol. The lowest BCUT2D eigenvalue weighted by Gasteiger charge is -2.30. The van der Waals surface area contributed by atoms with Crippen molar-refractivity contribution in [3.05, 3.63) is 30.0 Å². The zero-order chi connectivity index (χ0) is 15.0. The monoisotopic (exact) mass is 278 g/mol. The van der Waals surface area contributed by atoms with E-state index in [4.69, 9.17) is 9.84 Å². The van der Waals surface area contributed by atoms with Crippen molar-refractivity contribution >= 4 is 17.9 Å². The molecule has 0 spiro atoms. The summed E-state index contributed by atoms with van der Waals surface area (Å²) in [5, 5.41) is 8.76. The van der Waals surface area contributed by atoms with E-state index in [0.29, 0.717) is 12.6 Å². The lowest BCUT2D eigenvalue weighted by Crippen LogP contribution is -2.36. The Hall–Kier alpha value is -1.88. The smallest absolute Gasteiger partial charge is 0.328 e. The van der Waals surface area contributed by atoms with Gasteiger partial charge in [-0.2, -0.15) is 0 Å². The summed E-state index contributed by atoms with van der Waals surface area (Å²) in [7, 11) is 1.67. The quantitative estimate of drug-likeness (QED) is 0.740. The molecule has 0 bridgehead atoms. The molecular formula is C15H22N2O3. The predicted molar refractivity (Wildman–Crippen MR) is 79.9 cm³/mol. The first-order valence-electron chi connectivity index (χ1n) is 6.71. The van der Waals surface area contributed by atoms with Crippen LogP contribution in [0.4, 0.5) is 5.82 Å². The number of hydrogen-bond donors (Lipinski definition) is 1. The van der Waals surface area contributed by atoms with Crippen LogP contribution in [0.3, 0.4) is 0 Å². The number of aliphatic carboxylic acids is 1. The lowest BCUT2D eigenvalue weighted by molar-refractivity contribution is -0.131. The number of pyridine rings is 1. The van der Waals surface area contributed by atoms with E-state index in [1.165, 1.54) is 0 Å². The molecule has 1 aromatic rings. The predicted octanol–water partition coefficient (Wildman–Crippen LogP) is 2.43. The first-order chi connectivity index (χ1) is 9.60. The largest absolute Gasteiger partial charge is 0.478 e. The molecule has 0 aromatic carbocycles. The molecule has 20 heavy (non-hydrogen) atoms. The number of ether oxygens (including phenoxy) is 1. The van der Waals surface area contributed by atoms with Gasteiger partial charge in [0.15, 0.2) is 0 Å². The molecule has 1 heterocycles. The summed E-state index contributed by atoms with van der Waals surface area (Å²) in [5.74, 6) is -0.178. The van der Waals surface area contributed by atoms with Crippen molar-refractivity contribution in [3.63, 3.8) is 0 Å². The van der Waals surface area contributed by atoms with Gasteiger partial charge < -0.3 is 14.7 Å². The van der Waals surface area contributed by atoms with E-state index < -0.39 is 5.97 Å². The van der Waals surface area contributed by atoms with Crippen LogP contribution in [0.1, 0.15) is 25.8 Å². The number of methoxy groups -OCH3 is 1. The molecule has 1 unspecified atom stereocenters. The van der Waals surface area contributed by atoms with Gasteiger partial charge >= 0.3 is 5.97 Å². The van der Waals surface area contributed by atoms with Crippen LogP contribution in [0.2, 0.25) is 0 Å². The Bertz CT molecular complexity index is 460. The van der Waals surface area contributed by atoms with Crippen LogP contribution in [0.15, 0.2) is 24.4 Å². The number of carboxylic acid groups (broad SMARTS) is 1. The Morgan fingerprint density at radius 3 is 2.95 bits per heavy atom. The molecule has 110 valence electrons. The van der Waals surface area contributed by atoms with Crippen LogP contribution in [-0.2, 0) is 9.53 Å². The normalized spacial score (nSPS) is 12.6. The lowest BCUT2D eigenvalue weighted by atomic mass is 10.1. The molecule has 0 aliphatic heterocycles. The van der Waals surface area contributed by atoms with Crippen molar-refractivity contribution in [2.45, 2.75) is 26.3 Å². The number of nitrogens with zero attached hydrogens (tertiary/aromatic N) is 2. The highest BCUT2D eigenvalue weighted by Gasteiger charge is 2.16. The van der Waals surface area contributed by atoms with Gasteiger partial charge in [0.05, 0.1) is 6.61 Å². The van der Waals surface area contributed by atoms with E-state index in [1.807, 2.05) is 6.07 Å². The molecule has 5 heteroatoms. The minimum absolute atomic E-state index is 0.303. The van der Waals surface area contributed by atoms with Gasteiger partial charge in [0, 0.05) is 37.5 Å². The molecule has 0 fully saturated rings. The molecule has 5 nitrogen and oxygen atoms in total. The second-order valence-electron chi connectivity index (χ2n) is 4.53. The molecule has 0 saturated heterocycles. The SMILES string of the molecule is CCC(C)N(CCOC)c1ncccc1/C=C/C(=O)O. The highest BCUT2D eigenvalue weighted by Crippen LogP contribution is 2.21. The molecule has 1 rings (SSSR count). The highest BCUT2D eigenvalue weighted by molar-refractivity contribution is 5.86. The van der Waals surface area contributed by atoms with Gasteiger partial charge in [-0.25, -0.2) is 9.78 Å². The molecule has 0 saturated carbocycles. The van der Waals surface area contributed by atoms with Crippen LogP contribution in [-0.4, -0.2) is 42.4 Å². The molecule has 1 atom stereocenters. The van der Waals surface area contributed by atoms with Crippen LogP contribution >= 0.6 is 0 Å². The fourth-order valence-corrected chi connectivity index (χ4v) is 1.89. The van der Waals surface area contributed by atoms with Gasteiger partial charge in [-0.15, -0.1) is 0 Å². The molecule has 1 aromatic heterocycles. The summed E-state index contributed by atoms with van der Waals surface area (Å²) in [6.07, 6.45) is 5.40. The second-order valence-corrected chi connectivity index (χ2v) is 4.53. The average Bonchev–Trinajstić information content (AvgIpc) is 2.46. The Morgan fingerprint density at radius 2 is 2.35 bits per heavy atom. The Kier molecular flexibility index (Phi) is 6.73. The van der Waals surface area contributed by atoms with E-state index in [1.54, 1.807) is 25.4 Å². The summed E-state index contributed by atoms with van der Waals surface area (Å²) in [6.45, 7) is 5.55. The molecule has 0 aliphatic carbocycles. The van der Waals surface area contributed by atoms with Crippen molar-refractivity contribution in [2.24, 2.45) is 0 Å². The fraction of sp³-hybridized carbons (Fsp3) is 0.467. The maximum atomic E-state index is 10.7. The van der Waals surface area contributed by atoms with E-state index in [0.717, 1.165) is 30.4 Å². The zero-order valence-corrected chi connectivity index (χ0v) is 12.2. The van der Waals surface area contributed by atoms with Gasteiger partial charge in [-0.1, -0.05) is 6.92 Å².